The number of aromatic nitrogens is 3. The predicted octanol–water partition coefficient (Wildman–Crippen LogP) is 2.47. The Morgan fingerprint density at radius 1 is 1.39 bits per heavy atom. The molecule has 0 spiro atoms. The van der Waals surface area contributed by atoms with Gasteiger partial charge in [0.1, 0.15) is 0 Å². The molecule has 1 atom stereocenters. The summed E-state index contributed by atoms with van der Waals surface area (Å²) in [6.07, 6.45) is 6.66. The van der Waals surface area contributed by atoms with Crippen molar-refractivity contribution in [3.8, 4) is 0 Å². The Morgan fingerprint density at radius 3 is 2.78 bits per heavy atom. The molecule has 18 heavy (non-hydrogen) atoms. The lowest BCUT2D eigenvalue weighted by atomic mass is 10.1. The molecule has 2 aromatic rings. The van der Waals surface area contributed by atoms with Crippen LogP contribution in [-0.4, -0.2) is 21.3 Å². The van der Waals surface area contributed by atoms with Crippen molar-refractivity contribution in [2.24, 2.45) is 7.05 Å². The normalized spacial score (nSPS) is 12.6. The Labute approximate surface area is 116 Å². The van der Waals surface area contributed by atoms with Gasteiger partial charge in [0.15, 0.2) is 0 Å². The van der Waals surface area contributed by atoms with E-state index in [1.54, 1.807) is 0 Å². The van der Waals surface area contributed by atoms with Gasteiger partial charge in [0.25, 0.3) is 0 Å². The number of halogens is 1. The van der Waals surface area contributed by atoms with Crippen LogP contribution in [0.5, 0.6) is 0 Å². The summed E-state index contributed by atoms with van der Waals surface area (Å²) in [6, 6.07) is 4.33. The van der Waals surface area contributed by atoms with E-state index in [4.69, 9.17) is 0 Å². The molecular formula is C13H17BrN4. The fourth-order valence-corrected chi connectivity index (χ4v) is 2.15. The first kappa shape index (κ1) is 13.2. The lowest BCUT2D eigenvalue weighted by Crippen LogP contribution is -2.23. The van der Waals surface area contributed by atoms with Crippen LogP contribution in [0.4, 0.5) is 0 Å². The van der Waals surface area contributed by atoms with Crippen molar-refractivity contribution in [1.82, 2.24) is 20.1 Å². The molecule has 0 aliphatic rings. The van der Waals surface area contributed by atoms with E-state index in [9.17, 15) is 0 Å². The van der Waals surface area contributed by atoms with Crippen molar-refractivity contribution in [3.05, 3.63) is 46.5 Å². The van der Waals surface area contributed by atoms with E-state index >= 15 is 0 Å². The highest BCUT2D eigenvalue weighted by Gasteiger charge is 2.13. The van der Waals surface area contributed by atoms with E-state index in [1.165, 1.54) is 5.56 Å². The maximum Gasteiger partial charge on any atom is 0.0537 e. The van der Waals surface area contributed by atoms with Crippen molar-refractivity contribution in [2.75, 3.05) is 6.54 Å². The van der Waals surface area contributed by atoms with E-state index < -0.39 is 0 Å². The second-order valence-corrected chi connectivity index (χ2v) is 5.15. The minimum atomic E-state index is 0.261. The Hall–Kier alpha value is -1.20. The third-order valence-electron chi connectivity index (χ3n) is 2.78. The standard InChI is InChI=1S/C13H17BrN4/c1-3-15-13(10-7-17-18(2)9-10)6-12-5-4-11(14)8-16-12/h4-5,7-9,13,15H,3,6H2,1-2H3. The summed E-state index contributed by atoms with van der Waals surface area (Å²) in [4.78, 5) is 4.42. The van der Waals surface area contributed by atoms with Gasteiger partial charge in [-0.1, -0.05) is 6.92 Å². The lowest BCUT2D eigenvalue weighted by molar-refractivity contribution is 0.543. The molecule has 0 saturated carbocycles. The average Bonchev–Trinajstić information content (AvgIpc) is 2.78. The second kappa shape index (κ2) is 6.11. The number of nitrogens with one attached hydrogen (secondary N) is 1. The number of hydrogen-bond donors (Lipinski definition) is 1. The van der Waals surface area contributed by atoms with E-state index in [-0.39, 0.29) is 6.04 Å². The molecule has 4 nitrogen and oxygen atoms in total. The van der Waals surface area contributed by atoms with E-state index in [0.717, 1.165) is 23.1 Å². The van der Waals surface area contributed by atoms with Gasteiger partial charge in [-0.2, -0.15) is 5.10 Å². The summed E-state index contributed by atoms with van der Waals surface area (Å²) in [7, 11) is 1.93. The fourth-order valence-electron chi connectivity index (χ4n) is 1.91. The Kier molecular flexibility index (Phi) is 4.49. The van der Waals surface area contributed by atoms with Crippen LogP contribution >= 0.6 is 15.9 Å². The van der Waals surface area contributed by atoms with Gasteiger partial charge in [-0.05, 0) is 34.6 Å². The van der Waals surface area contributed by atoms with Gasteiger partial charge in [0.2, 0.25) is 0 Å². The van der Waals surface area contributed by atoms with Gasteiger partial charge in [0.05, 0.1) is 6.20 Å². The molecule has 2 rings (SSSR count). The molecule has 0 bridgehead atoms. The quantitative estimate of drug-likeness (QED) is 0.922. The zero-order valence-corrected chi connectivity index (χ0v) is 12.2. The smallest absolute Gasteiger partial charge is 0.0537 e. The minimum absolute atomic E-state index is 0.261. The molecule has 1 unspecified atom stereocenters. The zero-order valence-electron chi connectivity index (χ0n) is 10.6. The molecule has 5 heteroatoms. The van der Waals surface area contributed by atoms with Crippen LogP contribution in [0.2, 0.25) is 0 Å². The van der Waals surface area contributed by atoms with Gasteiger partial charge in [-0.15, -0.1) is 0 Å². The number of hydrogen-bond acceptors (Lipinski definition) is 3. The maximum absolute atomic E-state index is 4.42. The average molecular weight is 309 g/mol. The highest BCUT2D eigenvalue weighted by molar-refractivity contribution is 9.10. The molecule has 2 aromatic heterocycles. The topological polar surface area (TPSA) is 42.7 Å². The van der Waals surface area contributed by atoms with Gasteiger partial charge in [-0.3, -0.25) is 9.67 Å². The van der Waals surface area contributed by atoms with Crippen LogP contribution in [0.25, 0.3) is 0 Å². The molecule has 0 saturated heterocycles. The Balaban J connectivity index is 2.13. The van der Waals surface area contributed by atoms with Crippen LogP contribution in [0.3, 0.4) is 0 Å². The molecule has 0 amide bonds. The molecular weight excluding hydrogens is 292 g/mol. The molecule has 0 aliphatic carbocycles. The monoisotopic (exact) mass is 308 g/mol. The van der Waals surface area contributed by atoms with Gasteiger partial charge < -0.3 is 5.32 Å². The zero-order chi connectivity index (χ0) is 13.0. The second-order valence-electron chi connectivity index (χ2n) is 4.23. The first-order chi connectivity index (χ1) is 8.69. The number of pyridine rings is 1. The van der Waals surface area contributed by atoms with Crippen molar-refractivity contribution >= 4 is 15.9 Å². The summed E-state index contributed by atoms with van der Waals surface area (Å²) >= 11 is 3.40. The van der Waals surface area contributed by atoms with Crippen LogP contribution in [-0.2, 0) is 13.5 Å². The van der Waals surface area contributed by atoms with Gasteiger partial charge in [-0.25, -0.2) is 0 Å². The highest BCUT2D eigenvalue weighted by Crippen LogP contribution is 2.17. The van der Waals surface area contributed by atoms with Crippen LogP contribution in [0, 0.1) is 0 Å². The third-order valence-corrected chi connectivity index (χ3v) is 3.25. The first-order valence-electron chi connectivity index (χ1n) is 6.01. The largest absolute Gasteiger partial charge is 0.310 e. The van der Waals surface area contributed by atoms with Crippen LogP contribution in [0.15, 0.2) is 35.2 Å². The fraction of sp³-hybridized carbons (Fsp3) is 0.385. The molecule has 96 valence electrons. The summed E-state index contributed by atoms with van der Waals surface area (Å²) in [5.41, 5.74) is 2.28. The Morgan fingerprint density at radius 2 is 2.22 bits per heavy atom. The predicted molar refractivity (Wildman–Crippen MR) is 75.3 cm³/mol. The molecule has 0 radical (unpaired) electrons. The molecule has 0 aromatic carbocycles. The van der Waals surface area contributed by atoms with Crippen LogP contribution < -0.4 is 5.32 Å². The van der Waals surface area contributed by atoms with Gasteiger partial charge >= 0.3 is 0 Å². The van der Waals surface area contributed by atoms with E-state index in [1.807, 2.05) is 42.5 Å². The molecule has 0 fully saturated rings. The minimum Gasteiger partial charge on any atom is -0.310 e. The molecule has 1 N–H and O–H groups in total. The van der Waals surface area contributed by atoms with Crippen molar-refractivity contribution in [1.29, 1.82) is 0 Å². The lowest BCUT2D eigenvalue weighted by Gasteiger charge is -2.15. The SMILES string of the molecule is CCNC(Cc1ccc(Br)cn1)c1cnn(C)c1. The summed E-state index contributed by atoms with van der Waals surface area (Å²) < 4.78 is 2.84. The van der Waals surface area contributed by atoms with E-state index in [0.29, 0.717) is 0 Å². The van der Waals surface area contributed by atoms with Crippen molar-refractivity contribution in [2.45, 2.75) is 19.4 Å². The summed E-state index contributed by atoms with van der Waals surface area (Å²) in [5.74, 6) is 0. The van der Waals surface area contributed by atoms with Gasteiger partial charge in [0, 0.05) is 47.6 Å². The van der Waals surface area contributed by atoms with E-state index in [2.05, 4.69) is 38.3 Å². The molecule has 0 aliphatic heterocycles. The number of rotatable bonds is 5. The third kappa shape index (κ3) is 3.40. The number of aryl methyl sites for hydroxylation is 1. The maximum atomic E-state index is 4.42. The Bertz CT molecular complexity index is 492. The van der Waals surface area contributed by atoms with Crippen molar-refractivity contribution in [3.63, 3.8) is 0 Å². The number of nitrogens with zero attached hydrogens (tertiary/aromatic N) is 3. The summed E-state index contributed by atoms with van der Waals surface area (Å²) in [5, 5.41) is 7.69. The summed E-state index contributed by atoms with van der Waals surface area (Å²) in [6.45, 7) is 3.04. The molecule has 2 heterocycles. The first-order valence-corrected chi connectivity index (χ1v) is 6.80. The van der Waals surface area contributed by atoms with Crippen LogP contribution in [0.1, 0.15) is 24.2 Å². The highest BCUT2D eigenvalue weighted by atomic mass is 79.9. The van der Waals surface area contributed by atoms with Crippen molar-refractivity contribution < 1.29 is 0 Å². The number of likely N-dealkylation sites (N-methyl/N-ethyl adjacent to an activating group) is 1.